The summed E-state index contributed by atoms with van der Waals surface area (Å²) in [6, 6.07) is 0. The summed E-state index contributed by atoms with van der Waals surface area (Å²) in [5.41, 5.74) is 5.12. The van der Waals surface area contributed by atoms with E-state index in [1.54, 1.807) is 0 Å². The number of amides is 1. The van der Waals surface area contributed by atoms with Crippen LogP contribution < -0.4 is 5.73 Å². The predicted octanol–water partition coefficient (Wildman–Crippen LogP) is 4.32. The molecule has 0 atom stereocenters. The first-order valence-corrected chi connectivity index (χ1v) is 8.58. The highest BCUT2D eigenvalue weighted by molar-refractivity contribution is 5.68. The number of rotatable bonds is 11. The molecular formula is C17H36N2O2. The van der Waals surface area contributed by atoms with Crippen LogP contribution in [0.2, 0.25) is 0 Å². The van der Waals surface area contributed by atoms with Gasteiger partial charge in [-0.05, 0) is 40.2 Å². The second kappa shape index (κ2) is 11.8. The Morgan fingerprint density at radius 2 is 1.48 bits per heavy atom. The molecule has 0 rings (SSSR count). The first-order valence-electron chi connectivity index (χ1n) is 8.58. The predicted molar refractivity (Wildman–Crippen MR) is 89.5 cm³/mol. The van der Waals surface area contributed by atoms with Crippen molar-refractivity contribution < 1.29 is 9.53 Å². The van der Waals surface area contributed by atoms with Gasteiger partial charge in [-0.2, -0.15) is 0 Å². The molecule has 0 aromatic rings. The Morgan fingerprint density at radius 3 is 2.00 bits per heavy atom. The molecule has 0 heterocycles. The van der Waals surface area contributed by atoms with Crippen molar-refractivity contribution in [3.8, 4) is 0 Å². The Bertz CT molecular complexity index is 262. The molecule has 126 valence electrons. The second-order valence-electron chi connectivity index (χ2n) is 6.73. The third-order valence-corrected chi connectivity index (χ3v) is 3.32. The quantitative estimate of drug-likeness (QED) is 0.578. The van der Waals surface area contributed by atoms with Gasteiger partial charge in [0.1, 0.15) is 5.60 Å². The summed E-state index contributed by atoms with van der Waals surface area (Å²) in [6.07, 6.45) is 9.38. The average Bonchev–Trinajstić information content (AvgIpc) is 2.39. The van der Waals surface area contributed by atoms with E-state index >= 15 is 0 Å². The molecule has 0 saturated heterocycles. The van der Waals surface area contributed by atoms with Crippen LogP contribution in [0, 0.1) is 0 Å². The van der Waals surface area contributed by atoms with Gasteiger partial charge in [-0.1, -0.05) is 45.4 Å². The van der Waals surface area contributed by atoms with Gasteiger partial charge in [0.05, 0.1) is 0 Å². The fraction of sp³-hybridized carbons (Fsp3) is 0.941. The normalized spacial score (nSPS) is 11.5. The molecule has 0 aliphatic carbocycles. The highest BCUT2D eigenvalue weighted by Gasteiger charge is 2.21. The van der Waals surface area contributed by atoms with Gasteiger partial charge >= 0.3 is 6.09 Å². The summed E-state index contributed by atoms with van der Waals surface area (Å²) in [6.45, 7) is 10.0. The van der Waals surface area contributed by atoms with E-state index < -0.39 is 5.60 Å². The van der Waals surface area contributed by atoms with E-state index in [2.05, 4.69) is 6.92 Å². The van der Waals surface area contributed by atoms with Crippen LogP contribution in [-0.2, 0) is 4.74 Å². The van der Waals surface area contributed by atoms with Crippen LogP contribution in [0.4, 0.5) is 4.79 Å². The molecule has 0 bridgehead atoms. The van der Waals surface area contributed by atoms with E-state index in [0.717, 1.165) is 19.4 Å². The van der Waals surface area contributed by atoms with E-state index in [1.807, 2.05) is 25.7 Å². The Hall–Kier alpha value is -0.770. The van der Waals surface area contributed by atoms with Crippen LogP contribution >= 0.6 is 0 Å². The molecule has 0 aliphatic rings. The van der Waals surface area contributed by atoms with Crippen molar-refractivity contribution in [1.82, 2.24) is 4.90 Å². The van der Waals surface area contributed by atoms with Crippen molar-refractivity contribution in [2.75, 3.05) is 19.6 Å². The maximum Gasteiger partial charge on any atom is 0.410 e. The number of ether oxygens (including phenoxy) is 1. The van der Waals surface area contributed by atoms with Gasteiger partial charge in [0.2, 0.25) is 0 Å². The number of hydrogen-bond acceptors (Lipinski definition) is 3. The number of carbonyl (C=O) groups excluding carboxylic acids is 1. The van der Waals surface area contributed by atoms with Gasteiger partial charge in [-0.25, -0.2) is 4.79 Å². The fourth-order valence-electron chi connectivity index (χ4n) is 2.16. The Kier molecular flexibility index (Phi) is 11.4. The SMILES string of the molecule is CCCCCCCCCN(CCCN)C(=O)OC(C)(C)C. The van der Waals surface area contributed by atoms with Gasteiger partial charge < -0.3 is 15.4 Å². The Labute approximate surface area is 131 Å². The number of unbranched alkanes of at least 4 members (excludes halogenated alkanes) is 6. The highest BCUT2D eigenvalue weighted by atomic mass is 16.6. The third-order valence-electron chi connectivity index (χ3n) is 3.32. The minimum absolute atomic E-state index is 0.207. The minimum Gasteiger partial charge on any atom is -0.444 e. The van der Waals surface area contributed by atoms with Gasteiger partial charge in [0.15, 0.2) is 0 Å². The van der Waals surface area contributed by atoms with E-state index in [4.69, 9.17) is 10.5 Å². The van der Waals surface area contributed by atoms with E-state index in [0.29, 0.717) is 13.1 Å². The molecule has 0 unspecified atom stereocenters. The van der Waals surface area contributed by atoms with Crippen LogP contribution in [0.25, 0.3) is 0 Å². The number of hydrogen-bond donors (Lipinski definition) is 1. The number of nitrogens with two attached hydrogens (primary N) is 1. The van der Waals surface area contributed by atoms with Crippen LogP contribution in [0.1, 0.15) is 79.1 Å². The van der Waals surface area contributed by atoms with Crippen LogP contribution in [0.5, 0.6) is 0 Å². The minimum atomic E-state index is -0.432. The average molecular weight is 300 g/mol. The summed E-state index contributed by atoms with van der Waals surface area (Å²) in [4.78, 5) is 13.9. The van der Waals surface area contributed by atoms with Crippen molar-refractivity contribution in [3.05, 3.63) is 0 Å². The second-order valence-corrected chi connectivity index (χ2v) is 6.73. The van der Waals surface area contributed by atoms with Crippen molar-refractivity contribution in [2.45, 2.75) is 84.7 Å². The zero-order valence-corrected chi connectivity index (χ0v) is 14.6. The van der Waals surface area contributed by atoms with Gasteiger partial charge in [-0.15, -0.1) is 0 Å². The van der Waals surface area contributed by atoms with Crippen molar-refractivity contribution in [3.63, 3.8) is 0 Å². The molecule has 0 aliphatic heterocycles. The molecule has 0 saturated carbocycles. The van der Waals surface area contributed by atoms with Crippen molar-refractivity contribution >= 4 is 6.09 Å². The molecule has 2 N–H and O–H groups in total. The van der Waals surface area contributed by atoms with E-state index in [-0.39, 0.29) is 6.09 Å². The first-order chi connectivity index (χ1) is 9.90. The van der Waals surface area contributed by atoms with E-state index in [9.17, 15) is 4.79 Å². The molecule has 0 spiro atoms. The Morgan fingerprint density at radius 1 is 0.952 bits per heavy atom. The van der Waals surface area contributed by atoms with Gasteiger partial charge in [0, 0.05) is 13.1 Å². The van der Waals surface area contributed by atoms with Crippen LogP contribution in [0.15, 0.2) is 0 Å². The highest BCUT2D eigenvalue weighted by Crippen LogP contribution is 2.12. The standard InChI is InChI=1S/C17H36N2O2/c1-5-6-7-8-9-10-11-14-19(15-12-13-18)16(20)21-17(2,3)4/h5-15,18H2,1-4H3. The summed E-state index contributed by atoms with van der Waals surface area (Å²) in [7, 11) is 0. The summed E-state index contributed by atoms with van der Waals surface area (Å²) < 4.78 is 5.45. The molecule has 0 aromatic carbocycles. The largest absolute Gasteiger partial charge is 0.444 e. The molecule has 0 fully saturated rings. The third kappa shape index (κ3) is 12.7. The zero-order valence-electron chi connectivity index (χ0n) is 14.6. The molecule has 0 aromatic heterocycles. The summed E-state index contributed by atoms with van der Waals surface area (Å²) >= 11 is 0. The van der Waals surface area contributed by atoms with E-state index in [1.165, 1.54) is 38.5 Å². The molecular weight excluding hydrogens is 264 g/mol. The zero-order chi connectivity index (χ0) is 16.1. The fourth-order valence-corrected chi connectivity index (χ4v) is 2.16. The molecule has 1 amide bonds. The molecule has 0 radical (unpaired) electrons. The topological polar surface area (TPSA) is 55.6 Å². The van der Waals surface area contributed by atoms with Crippen LogP contribution in [0.3, 0.4) is 0 Å². The maximum absolute atomic E-state index is 12.1. The lowest BCUT2D eigenvalue weighted by Gasteiger charge is -2.27. The van der Waals surface area contributed by atoms with Crippen molar-refractivity contribution in [1.29, 1.82) is 0 Å². The maximum atomic E-state index is 12.1. The van der Waals surface area contributed by atoms with Gasteiger partial charge in [0.25, 0.3) is 0 Å². The Balaban J connectivity index is 3.98. The van der Waals surface area contributed by atoms with Crippen molar-refractivity contribution in [2.24, 2.45) is 5.73 Å². The van der Waals surface area contributed by atoms with Crippen LogP contribution in [-0.4, -0.2) is 36.2 Å². The van der Waals surface area contributed by atoms with Gasteiger partial charge in [-0.3, -0.25) is 0 Å². The molecule has 4 heteroatoms. The number of nitrogens with zero attached hydrogens (tertiary/aromatic N) is 1. The lowest BCUT2D eigenvalue weighted by atomic mass is 10.1. The molecule has 4 nitrogen and oxygen atoms in total. The lowest BCUT2D eigenvalue weighted by molar-refractivity contribution is 0.0246. The number of carbonyl (C=O) groups is 1. The smallest absolute Gasteiger partial charge is 0.410 e. The molecule has 21 heavy (non-hydrogen) atoms. The summed E-state index contributed by atoms with van der Waals surface area (Å²) in [5.74, 6) is 0. The first kappa shape index (κ1) is 20.2. The monoisotopic (exact) mass is 300 g/mol. The lowest BCUT2D eigenvalue weighted by Crippen LogP contribution is -2.38. The summed E-state index contributed by atoms with van der Waals surface area (Å²) in [5, 5.41) is 0.